The number of anilines is 1. The first-order valence-electron chi connectivity index (χ1n) is 5.94. The fraction of sp³-hybridized carbons (Fsp3) is 0.615. The average Bonchev–Trinajstić information content (AvgIpc) is 2.13. The van der Waals surface area contributed by atoms with Crippen LogP contribution in [-0.2, 0) is 10.2 Å². The number of aromatic nitrogens is 2. The van der Waals surface area contributed by atoms with Crippen molar-refractivity contribution in [3.05, 3.63) is 17.8 Å². The highest BCUT2D eigenvalue weighted by atomic mass is 16.4. The summed E-state index contributed by atoms with van der Waals surface area (Å²) in [7, 11) is 0. The average molecular weight is 251 g/mol. The van der Waals surface area contributed by atoms with Crippen molar-refractivity contribution in [1.29, 1.82) is 0 Å². The van der Waals surface area contributed by atoms with E-state index in [0.29, 0.717) is 5.82 Å². The van der Waals surface area contributed by atoms with Gasteiger partial charge in [-0.25, -0.2) is 0 Å². The van der Waals surface area contributed by atoms with Crippen molar-refractivity contribution in [1.82, 2.24) is 10.2 Å². The first kappa shape index (κ1) is 14.4. The van der Waals surface area contributed by atoms with Crippen LogP contribution in [0.3, 0.4) is 0 Å². The smallest absolute Gasteiger partial charge is 0.305 e. The van der Waals surface area contributed by atoms with Crippen molar-refractivity contribution >= 4 is 11.8 Å². The highest BCUT2D eigenvalue weighted by Gasteiger charge is 2.22. The molecule has 0 unspecified atom stereocenters. The highest BCUT2D eigenvalue weighted by Crippen LogP contribution is 2.21. The molecule has 100 valence electrons. The van der Waals surface area contributed by atoms with Crippen LogP contribution in [0.1, 0.15) is 46.7 Å². The maximum Gasteiger partial charge on any atom is 0.305 e. The second-order valence-electron chi connectivity index (χ2n) is 6.13. The Balaban J connectivity index is 2.78. The highest BCUT2D eigenvalue weighted by molar-refractivity contribution is 5.69. The first-order valence-corrected chi connectivity index (χ1v) is 5.94. The summed E-state index contributed by atoms with van der Waals surface area (Å²) in [6.07, 6.45) is 0.0235. The summed E-state index contributed by atoms with van der Waals surface area (Å²) < 4.78 is 0. The van der Waals surface area contributed by atoms with E-state index in [1.807, 2.05) is 26.0 Å². The van der Waals surface area contributed by atoms with E-state index in [1.165, 1.54) is 0 Å². The number of rotatable bonds is 4. The number of nitrogens with zero attached hydrogens (tertiary/aromatic N) is 2. The predicted octanol–water partition coefficient (Wildman–Crippen LogP) is 2.44. The minimum atomic E-state index is -0.841. The van der Waals surface area contributed by atoms with Crippen molar-refractivity contribution in [2.45, 2.75) is 52.0 Å². The maximum absolute atomic E-state index is 10.7. The third kappa shape index (κ3) is 4.31. The van der Waals surface area contributed by atoms with E-state index in [9.17, 15) is 4.79 Å². The van der Waals surface area contributed by atoms with Gasteiger partial charge in [-0.05, 0) is 26.0 Å². The van der Waals surface area contributed by atoms with Gasteiger partial charge in [0.25, 0.3) is 0 Å². The quantitative estimate of drug-likeness (QED) is 0.859. The lowest BCUT2D eigenvalue weighted by atomic mass is 9.92. The van der Waals surface area contributed by atoms with Gasteiger partial charge < -0.3 is 10.4 Å². The van der Waals surface area contributed by atoms with Gasteiger partial charge in [-0.15, -0.1) is 5.10 Å². The standard InChI is InChI=1S/C13H21N3O2/c1-12(2,3)9-6-7-10(16-15-9)14-13(4,5)8-11(17)18/h6-7H,8H2,1-5H3,(H,14,16)(H,17,18). The molecule has 5 heteroatoms. The van der Waals surface area contributed by atoms with Crippen molar-refractivity contribution < 1.29 is 9.90 Å². The van der Waals surface area contributed by atoms with Crippen molar-refractivity contribution in [3.8, 4) is 0 Å². The maximum atomic E-state index is 10.7. The molecule has 0 amide bonds. The van der Waals surface area contributed by atoms with Crippen LogP contribution in [0.5, 0.6) is 0 Å². The summed E-state index contributed by atoms with van der Waals surface area (Å²) >= 11 is 0. The van der Waals surface area contributed by atoms with Crippen LogP contribution in [0.4, 0.5) is 5.82 Å². The van der Waals surface area contributed by atoms with E-state index in [0.717, 1.165) is 5.69 Å². The van der Waals surface area contributed by atoms with Gasteiger partial charge in [0.05, 0.1) is 12.1 Å². The Kier molecular flexibility index (Phi) is 3.94. The molecule has 1 heterocycles. The van der Waals surface area contributed by atoms with Crippen molar-refractivity contribution in [2.75, 3.05) is 5.32 Å². The summed E-state index contributed by atoms with van der Waals surface area (Å²) in [6.45, 7) is 9.84. The molecule has 1 aromatic rings. The topological polar surface area (TPSA) is 75.1 Å². The van der Waals surface area contributed by atoms with Gasteiger partial charge in [0.2, 0.25) is 0 Å². The summed E-state index contributed by atoms with van der Waals surface area (Å²) in [5.41, 5.74) is 0.315. The van der Waals surface area contributed by atoms with E-state index < -0.39 is 11.5 Å². The molecule has 0 aliphatic carbocycles. The van der Waals surface area contributed by atoms with E-state index in [4.69, 9.17) is 5.11 Å². The van der Waals surface area contributed by atoms with Crippen molar-refractivity contribution in [3.63, 3.8) is 0 Å². The Morgan fingerprint density at radius 1 is 1.22 bits per heavy atom. The number of hydrogen-bond acceptors (Lipinski definition) is 4. The number of carboxylic acid groups (broad SMARTS) is 1. The molecular formula is C13H21N3O2. The van der Waals surface area contributed by atoms with E-state index in [-0.39, 0.29) is 11.8 Å². The molecule has 0 radical (unpaired) electrons. The molecule has 0 aliphatic heterocycles. The summed E-state index contributed by atoms with van der Waals surface area (Å²) in [5.74, 6) is -0.249. The lowest BCUT2D eigenvalue weighted by Gasteiger charge is -2.25. The number of hydrogen-bond donors (Lipinski definition) is 2. The Morgan fingerprint density at radius 3 is 2.22 bits per heavy atom. The fourth-order valence-corrected chi connectivity index (χ4v) is 1.57. The molecule has 0 fully saturated rings. The number of carboxylic acids is 1. The first-order chi connectivity index (χ1) is 8.10. The molecule has 0 aromatic carbocycles. The Hall–Kier alpha value is -1.65. The molecule has 5 nitrogen and oxygen atoms in total. The van der Waals surface area contributed by atoms with Crippen LogP contribution in [0.25, 0.3) is 0 Å². The Bertz CT molecular complexity index is 419. The van der Waals surface area contributed by atoms with Crippen LogP contribution in [0.2, 0.25) is 0 Å². The molecule has 0 atom stereocenters. The normalized spacial score (nSPS) is 12.3. The van der Waals surface area contributed by atoms with Crippen molar-refractivity contribution in [2.24, 2.45) is 0 Å². The monoisotopic (exact) mass is 251 g/mol. The molecular weight excluding hydrogens is 230 g/mol. The molecule has 1 rings (SSSR count). The van der Waals surface area contributed by atoms with E-state index >= 15 is 0 Å². The van der Waals surface area contributed by atoms with Gasteiger partial charge >= 0.3 is 5.97 Å². The molecule has 0 aliphatic rings. The molecule has 0 saturated carbocycles. The number of aliphatic carboxylic acids is 1. The summed E-state index contributed by atoms with van der Waals surface area (Å²) in [5, 5.41) is 20.1. The molecule has 18 heavy (non-hydrogen) atoms. The van der Waals surface area contributed by atoms with E-state index in [1.54, 1.807) is 0 Å². The van der Waals surface area contributed by atoms with E-state index in [2.05, 4.69) is 36.3 Å². The van der Waals surface area contributed by atoms with Crippen LogP contribution in [-0.4, -0.2) is 26.8 Å². The second-order valence-corrected chi connectivity index (χ2v) is 6.13. The van der Waals surface area contributed by atoms with Gasteiger partial charge in [-0.1, -0.05) is 20.8 Å². The zero-order chi connectivity index (χ0) is 14.0. The fourth-order valence-electron chi connectivity index (χ4n) is 1.57. The molecule has 0 saturated heterocycles. The molecule has 1 aromatic heterocycles. The number of carbonyl (C=O) groups is 1. The zero-order valence-corrected chi connectivity index (χ0v) is 11.6. The van der Waals surface area contributed by atoms with Gasteiger partial charge in [-0.2, -0.15) is 5.10 Å². The minimum absolute atomic E-state index is 0.0235. The largest absolute Gasteiger partial charge is 0.481 e. The van der Waals surface area contributed by atoms with Gasteiger partial charge in [0.15, 0.2) is 0 Å². The summed E-state index contributed by atoms with van der Waals surface area (Å²) in [6, 6.07) is 3.74. The third-order valence-electron chi connectivity index (χ3n) is 2.49. The lowest BCUT2D eigenvalue weighted by Crippen LogP contribution is -2.34. The SMILES string of the molecule is CC(C)(CC(=O)O)Nc1ccc(C(C)(C)C)nn1. The predicted molar refractivity (Wildman–Crippen MR) is 70.7 cm³/mol. The van der Waals surface area contributed by atoms with Gasteiger partial charge in [0, 0.05) is 11.0 Å². The Labute approximate surface area is 108 Å². The minimum Gasteiger partial charge on any atom is -0.481 e. The molecule has 0 spiro atoms. The third-order valence-corrected chi connectivity index (χ3v) is 2.49. The van der Waals surface area contributed by atoms with Crippen LogP contribution >= 0.6 is 0 Å². The molecule has 2 N–H and O–H groups in total. The van der Waals surface area contributed by atoms with Gasteiger partial charge in [0.1, 0.15) is 5.82 Å². The van der Waals surface area contributed by atoms with Gasteiger partial charge in [-0.3, -0.25) is 4.79 Å². The zero-order valence-electron chi connectivity index (χ0n) is 11.6. The second kappa shape index (κ2) is 4.92. The lowest BCUT2D eigenvalue weighted by molar-refractivity contribution is -0.137. The summed E-state index contributed by atoms with van der Waals surface area (Å²) in [4.78, 5) is 10.7. The van der Waals surface area contributed by atoms with Crippen LogP contribution in [0.15, 0.2) is 12.1 Å². The molecule has 0 bridgehead atoms. The number of nitrogens with one attached hydrogen (secondary N) is 1. The Morgan fingerprint density at radius 2 is 1.83 bits per heavy atom. The van der Waals surface area contributed by atoms with Crippen LogP contribution in [0, 0.1) is 0 Å². The van der Waals surface area contributed by atoms with Crippen LogP contribution < -0.4 is 5.32 Å².